The molecular weight excluding hydrogens is 755 g/mol. The van der Waals surface area contributed by atoms with Gasteiger partial charge in [-0.25, -0.2) is 13.1 Å². The lowest BCUT2D eigenvalue weighted by molar-refractivity contribution is 0.0857. The van der Waals surface area contributed by atoms with Crippen molar-refractivity contribution in [2.75, 3.05) is 6.61 Å². The standard InChI is InChI=1S/C44H87NO6SSi3/c1-34(2)32-36(50-54(15,16)43(7,8)9)26-24-22-20-19-21-23-25-27-39-41(49-39)40(51-55(17,18)44(10,11)12)38(33-48-53(13,14)42(4,5)6)45-52(46,47)37-30-28-35(3)29-31-37/h28-31,34,36,38-41,45H,19-27,32-33H2,1-18H3/t36-,38+,39+,40+,41-/m1/s1. The molecule has 322 valence electrons. The maximum atomic E-state index is 13.9. The molecule has 0 aliphatic carbocycles. The molecule has 0 spiro atoms. The van der Waals surface area contributed by atoms with E-state index in [1.165, 1.54) is 44.9 Å². The Morgan fingerprint density at radius 1 is 0.709 bits per heavy atom. The number of rotatable bonds is 24. The fourth-order valence-electron chi connectivity index (χ4n) is 6.21. The van der Waals surface area contributed by atoms with Gasteiger partial charge in [-0.05, 0) is 98.6 Å². The molecule has 0 bridgehead atoms. The molecule has 11 heteroatoms. The molecule has 1 N–H and O–H groups in total. The van der Waals surface area contributed by atoms with Crippen LogP contribution in [-0.4, -0.2) is 70.4 Å². The fraction of sp³-hybridized carbons (Fsp3) is 0.864. The van der Waals surface area contributed by atoms with Crippen LogP contribution >= 0.6 is 0 Å². The molecule has 1 aromatic rings. The zero-order valence-electron chi connectivity index (χ0n) is 38.9. The minimum atomic E-state index is -3.84. The summed E-state index contributed by atoms with van der Waals surface area (Å²) in [5, 5.41) is 0.174. The molecule has 0 radical (unpaired) electrons. The number of benzene rings is 1. The van der Waals surface area contributed by atoms with Crippen LogP contribution in [0.4, 0.5) is 0 Å². The molecule has 1 fully saturated rings. The Balaban J connectivity index is 2.07. The van der Waals surface area contributed by atoms with Gasteiger partial charge in [-0.15, -0.1) is 0 Å². The van der Waals surface area contributed by atoms with Gasteiger partial charge in [0.15, 0.2) is 25.0 Å². The SMILES string of the molecule is Cc1ccc(S(=O)(=O)N[C@@H](CO[Si](C)(C)C(C)(C)C)[C@H](O[Si](C)(C)C(C)(C)C)[C@@H]2O[C@H]2CCCCCCCCC[C@H](CC(C)C)O[Si](C)(C)C(C)(C)C)cc1. The molecule has 0 aromatic heterocycles. The van der Waals surface area contributed by atoms with Crippen molar-refractivity contribution < 1.29 is 26.4 Å². The van der Waals surface area contributed by atoms with E-state index in [9.17, 15) is 8.42 Å². The van der Waals surface area contributed by atoms with Crippen molar-refractivity contribution in [1.82, 2.24) is 4.72 Å². The summed E-state index contributed by atoms with van der Waals surface area (Å²) in [5.74, 6) is 0.656. The normalized spacial score (nSPS) is 19.5. The molecule has 5 atom stereocenters. The first-order valence-corrected chi connectivity index (χ1v) is 31.8. The second kappa shape index (κ2) is 20.3. The highest BCUT2D eigenvalue weighted by Gasteiger charge is 2.53. The van der Waals surface area contributed by atoms with E-state index in [0.29, 0.717) is 12.0 Å². The Morgan fingerprint density at radius 2 is 1.18 bits per heavy atom. The summed E-state index contributed by atoms with van der Waals surface area (Å²) in [6.07, 6.45) is 11.7. The first-order chi connectivity index (χ1) is 24.9. The third kappa shape index (κ3) is 16.3. The first kappa shape index (κ1) is 50.8. The number of nitrogens with one attached hydrogen (secondary N) is 1. The van der Waals surface area contributed by atoms with Crippen molar-refractivity contribution in [2.24, 2.45) is 5.92 Å². The van der Waals surface area contributed by atoms with E-state index in [1.807, 2.05) is 19.1 Å². The number of ether oxygens (including phenoxy) is 1. The van der Waals surface area contributed by atoms with Crippen LogP contribution in [0.1, 0.15) is 146 Å². The Bertz CT molecular complexity index is 1390. The Morgan fingerprint density at radius 3 is 1.67 bits per heavy atom. The highest BCUT2D eigenvalue weighted by molar-refractivity contribution is 7.89. The minimum Gasteiger partial charge on any atom is -0.415 e. The Labute approximate surface area is 344 Å². The number of hydrogen-bond donors (Lipinski definition) is 1. The summed E-state index contributed by atoms with van der Waals surface area (Å²) in [4.78, 5) is 0.254. The monoisotopic (exact) mass is 842 g/mol. The summed E-state index contributed by atoms with van der Waals surface area (Å²) in [5.41, 5.74) is 1.02. The van der Waals surface area contributed by atoms with Crippen LogP contribution < -0.4 is 4.72 Å². The Kier molecular flexibility index (Phi) is 18.7. The predicted molar refractivity (Wildman–Crippen MR) is 242 cm³/mol. The number of hydrogen-bond acceptors (Lipinski definition) is 6. The van der Waals surface area contributed by atoms with Gasteiger partial charge in [0.1, 0.15) is 6.10 Å². The third-order valence-electron chi connectivity index (χ3n) is 13.2. The van der Waals surface area contributed by atoms with Gasteiger partial charge in [0.05, 0.1) is 29.8 Å². The number of epoxide rings is 1. The molecule has 1 aromatic carbocycles. The van der Waals surface area contributed by atoms with Gasteiger partial charge < -0.3 is 18.0 Å². The quantitative estimate of drug-likeness (QED) is 0.0634. The zero-order valence-corrected chi connectivity index (χ0v) is 42.7. The third-order valence-corrected chi connectivity index (χ3v) is 28.2. The van der Waals surface area contributed by atoms with E-state index in [2.05, 4.69) is 120 Å². The van der Waals surface area contributed by atoms with Gasteiger partial charge in [0.25, 0.3) is 0 Å². The molecule has 0 unspecified atom stereocenters. The predicted octanol–water partition coefficient (Wildman–Crippen LogP) is 12.8. The maximum Gasteiger partial charge on any atom is 0.240 e. The number of aryl methyl sites for hydroxylation is 1. The van der Waals surface area contributed by atoms with E-state index in [4.69, 9.17) is 18.0 Å². The fourth-order valence-corrected chi connectivity index (χ4v) is 11.2. The van der Waals surface area contributed by atoms with Crippen LogP contribution in [0.3, 0.4) is 0 Å². The molecule has 1 saturated heterocycles. The van der Waals surface area contributed by atoms with E-state index in [0.717, 1.165) is 24.8 Å². The molecule has 1 aliphatic heterocycles. The van der Waals surface area contributed by atoms with Crippen LogP contribution in [0.2, 0.25) is 54.4 Å². The van der Waals surface area contributed by atoms with Crippen molar-refractivity contribution in [3.8, 4) is 0 Å². The van der Waals surface area contributed by atoms with Crippen LogP contribution in [0, 0.1) is 12.8 Å². The largest absolute Gasteiger partial charge is 0.415 e. The summed E-state index contributed by atoms with van der Waals surface area (Å²) in [6, 6.07) is 6.45. The second-order valence-electron chi connectivity index (χ2n) is 21.8. The summed E-state index contributed by atoms with van der Waals surface area (Å²) in [7, 11) is -10.1. The number of unbranched alkanes of at least 4 members (excludes halogenated alkanes) is 6. The van der Waals surface area contributed by atoms with Crippen LogP contribution in [0.15, 0.2) is 29.2 Å². The molecule has 1 heterocycles. The van der Waals surface area contributed by atoms with E-state index in [-0.39, 0.29) is 38.8 Å². The summed E-state index contributed by atoms with van der Waals surface area (Å²) in [6.45, 7) is 40.8. The van der Waals surface area contributed by atoms with E-state index in [1.54, 1.807) is 12.1 Å². The molecule has 2 rings (SSSR count). The molecule has 55 heavy (non-hydrogen) atoms. The van der Waals surface area contributed by atoms with Gasteiger partial charge in [0.2, 0.25) is 10.0 Å². The van der Waals surface area contributed by atoms with E-state index >= 15 is 0 Å². The smallest absolute Gasteiger partial charge is 0.240 e. The molecular formula is C44H87NO6SSi3. The average molecular weight is 843 g/mol. The molecule has 1 aliphatic rings. The van der Waals surface area contributed by atoms with E-state index < -0.39 is 47.1 Å². The molecule has 0 amide bonds. The first-order valence-electron chi connectivity index (χ1n) is 21.6. The van der Waals surface area contributed by atoms with Gasteiger partial charge in [-0.3, -0.25) is 0 Å². The number of sulfonamides is 1. The van der Waals surface area contributed by atoms with Crippen molar-refractivity contribution >= 4 is 35.0 Å². The highest BCUT2D eigenvalue weighted by Crippen LogP contribution is 2.43. The average Bonchev–Trinajstić information content (AvgIpc) is 3.78. The molecule has 7 nitrogen and oxygen atoms in total. The lowest BCUT2D eigenvalue weighted by Gasteiger charge is -2.42. The van der Waals surface area contributed by atoms with Crippen LogP contribution in [0.25, 0.3) is 0 Å². The van der Waals surface area contributed by atoms with Crippen molar-refractivity contribution in [2.45, 2.75) is 237 Å². The maximum absolute atomic E-state index is 13.9. The van der Waals surface area contributed by atoms with Gasteiger partial charge in [-0.1, -0.05) is 139 Å². The lowest BCUT2D eigenvalue weighted by atomic mass is 10.00. The van der Waals surface area contributed by atoms with Gasteiger partial charge in [-0.2, -0.15) is 0 Å². The van der Waals surface area contributed by atoms with Gasteiger partial charge >= 0.3 is 0 Å². The minimum absolute atomic E-state index is 0.0168. The summed E-state index contributed by atoms with van der Waals surface area (Å²) >= 11 is 0. The van der Waals surface area contributed by atoms with Crippen molar-refractivity contribution in [3.05, 3.63) is 29.8 Å². The summed E-state index contributed by atoms with van der Waals surface area (Å²) < 4.78 is 58.1. The van der Waals surface area contributed by atoms with Crippen molar-refractivity contribution in [1.29, 1.82) is 0 Å². The topological polar surface area (TPSA) is 86.4 Å². The molecule has 0 saturated carbocycles. The highest BCUT2D eigenvalue weighted by atomic mass is 32.2. The zero-order chi connectivity index (χ0) is 42.3. The van der Waals surface area contributed by atoms with Crippen LogP contribution in [0.5, 0.6) is 0 Å². The lowest BCUT2D eigenvalue weighted by Crippen LogP contribution is -2.57. The van der Waals surface area contributed by atoms with Gasteiger partial charge in [0, 0.05) is 6.10 Å². The van der Waals surface area contributed by atoms with Crippen molar-refractivity contribution in [3.63, 3.8) is 0 Å². The second-order valence-corrected chi connectivity index (χ2v) is 37.8. The Hall–Kier alpha value is -0.379. The van der Waals surface area contributed by atoms with Crippen LogP contribution in [-0.2, 0) is 28.0 Å².